The van der Waals surface area contributed by atoms with Gasteiger partial charge in [-0.3, -0.25) is 4.79 Å². The molecule has 15 heavy (non-hydrogen) atoms. The van der Waals surface area contributed by atoms with Gasteiger partial charge < -0.3 is 0 Å². The van der Waals surface area contributed by atoms with Crippen LogP contribution in [-0.4, -0.2) is 5.78 Å². The van der Waals surface area contributed by atoms with E-state index in [-0.39, 0.29) is 5.78 Å². The van der Waals surface area contributed by atoms with Gasteiger partial charge in [-0.1, -0.05) is 25.0 Å². The third-order valence-corrected chi connectivity index (χ3v) is 3.11. The number of rotatable bonds is 4. The third-order valence-electron chi connectivity index (χ3n) is 3.11. The van der Waals surface area contributed by atoms with Gasteiger partial charge in [-0.05, 0) is 57.1 Å². The number of hydrogen-bond acceptors (Lipinski definition) is 1. The quantitative estimate of drug-likeness (QED) is 0.674. The first-order chi connectivity index (χ1) is 7.16. The number of carbonyl (C=O) groups excluding carboxylic acids is 1. The minimum absolute atomic E-state index is 0.272. The van der Waals surface area contributed by atoms with Gasteiger partial charge in [0.15, 0.2) is 5.78 Å². The summed E-state index contributed by atoms with van der Waals surface area (Å²) in [6.45, 7) is 6.04. The van der Waals surface area contributed by atoms with E-state index in [0.717, 1.165) is 24.8 Å². The largest absolute Gasteiger partial charge is 0.295 e. The highest BCUT2D eigenvalue weighted by molar-refractivity contribution is 5.94. The number of allylic oxidation sites excluding steroid dienone is 4. The molecule has 84 valence electrons. The van der Waals surface area contributed by atoms with Crippen molar-refractivity contribution in [1.82, 2.24) is 0 Å². The van der Waals surface area contributed by atoms with Crippen LogP contribution in [0.15, 0.2) is 22.8 Å². The monoisotopic (exact) mass is 206 g/mol. The summed E-state index contributed by atoms with van der Waals surface area (Å²) in [6.07, 6.45) is 9.09. The first-order valence-corrected chi connectivity index (χ1v) is 6.07. The molecular formula is C14H22O. The van der Waals surface area contributed by atoms with Crippen LogP contribution in [0.25, 0.3) is 0 Å². The van der Waals surface area contributed by atoms with E-state index in [1.54, 1.807) is 6.92 Å². The second-order valence-electron chi connectivity index (χ2n) is 4.40. The molecule has 1 rings (SSSR count). The van der Waals surface area contributed by atoms with Crippen molar-refractivity contribution in [2.45, 2.75) is 59.3 Å². The van der Waals surface area contributed by atoms with E-state index >= 15 is 0 Å². The van der Waals surface area contributed by atoms with Gasteiger partial charge >= 0.3 is 0 Å². The second-order valence-corrected chi connectivity index (χ2v) is 4.40. The Morgan fingerprint density at radius 2 is 1.80 bits per heavy atom. The van der Waals surface area contributed by atoms with Crippen LogP contribution in [0.4, 0.5) is 0 Å². The molecule has 0 heterocycles. The molecule has 0 unspecified atom stereocenters. The first kappa shape index (κ1) is 12.2. The lowest BCUT2D eigenvalue weighted by Gasteiger charge is -2.19. The molecule has 0 amide bonds. The third kappa shape index (κ3) is 3.33. The van der Waals surface area contributed by atoms with Crippen LogP contribution >= 0.6 is 0 Å². The molecule has 1 nitrogen and oxygen atoms in total. The smallest absolute Gasteiger partial charge is 0.156 e. The summed E-state index contributed by atoms with van der Waals surface area (Å²) < 4.78 is 0. The van der Waals surface area contributed by atoms with Gasteiger partial charge in [-0.25, -0.2) is 0 Å². The summed E-state index contributed by atoms with van der Waals surface area (Å²) >= 11 is 0. The molecule has 0 saturated carbocycles. The van der Waals surface area contributed by atoms with Crippen molar-refractivity contribution in [3.8, 4) is 0 Å². The van der Waals surface area contributed by atoms with Crippen LogP contribution in [-0.2, 0) is 4.79 Å². The molecule has 0 aromatic carbocycles. The molecule has 0 bridgehead atoms. The van der Waals surface area contributed by atoms with Crippen molar-refractivity contribution < 1.29 is 4.79 Å². The van der Waals surface area contributed by atoms with Gasteiger partial charge in [0.05, 0.1) is 0 Å². The fraction of sp³-hybridized carbons (Fsp3) is 0.643. The lowest BCUT2D eigenvalue weighted by Crippen LogP contribution is -2.07. The minimum atomic E-state index is 0.272. The summed E-state index contributed by atoms with van der Waals surface area (Å²) in [6, 6.07) is 0. The van der Waals surface area contributed by atoms with Crippen LogP contribution in [0, 0.1) is 0 Å². The maximum absolute atomic E-state index is 11.5. The molecule has 0 atom stereocenters. The average molecular weight is 206 g/mol. The average Bonchev–Trinajstić information content (AvgIpc) is 2.25. The Hall–Kier alpha value is -0.850. The van der Waals surface area contributed by atoms with E-state index in [1.807, 2.05) is 0 Å². The fourth-order valence-corrected chi connectivity index (χ4v) is 2.21. The summed E-state index contributed by atoms with van der Waals surface area (Å²) in [7, 11) is 0. The Morgan fingerprint density at radius 3 is 2.33 bits per heavy atom. The summed E-state index contributed by atoms with van der Waals surface area (Å²) in [5.74, 6) is 0.272. The normalized spacial score (nSPS) is 18.2. The van der Waals surface area contributed by atoms with E-state index in [2.05, 4.69) is 19.9 Å². The summed E-state index contributed by atoms with van der Waals surface area (Å²) in [5, 5.41) is 0. The SMILES string of the molecule is CCC/C=C(\C)C1=C(C(C)=O)CCCC1. The predicted molar refractivity (Wildman–Crippen MR) is 64.8 cm³/mol. The highest BCUT2D eigenvalue weighted by Crippen LogP contribution is 2.30. The van der Waals surface area contributed by atoms with Crippen LogP contribution in [0.3, 0.4) is 0 Å². The molecule has 0 aromatic heterocycles. The standard InChI is InChI=1S/C14H22O/c1-4-5-8-11(2)13-9-6-7-10-14(13)12(3)15/h8H,4-7,9-10H2,1-3H3/b11-8+. The Kier molecular flexibility index (Phi) is 4.80. The van der Waals surface area contributed by atoms with Crippen LogP contribution in [0.1, 0.15) is 59.3 Å². The van der Waals surface area contributed by atoms with Crippen molar-refractivity contribution in [3.63, 3.8) is 0 Å². The van der Waals surface area contributed by atoms with Crippen molar-refractivity contribution >= 4 is 5.78 Å². The molecule has 0 aliphatic heterocycles. The maximum Gasteiger partial charge on any atom is 0.156 e. The predicted octanol–water partition coefficient (Wildman–Crippen LogP) is 4.19. The first-order valence-electron chi connectivity index (χ1n) is 6.07. The number of hydrogen-bond donors (Lipinski definition) is 0. The van der Waals surface area contributed by atoms with Crippen molar-refractivity contribution in [1.29, 1.82) is 0 Å². The van der Waals surface area contributed by atoms with E-state index in [4.69, 9.17) is 0 Å². The molecule has 0 radical (unpaired) electrons. The van der Waals surface area contributed by atoms with Gasteiger partial charge in [-0.15, -0.1) is 0 Å². The van der Waals surface area contributed by atoms with Gasteiger partial charge in [0, 0.05) is 0 Å². The Balaban J connectivity index is 2.91. The van der Waals surface area contributed by atoms with Gasteiger partial charge in [0.1, 0.15) is 0 Å². The Labute approximate surface area is 93.3 Å². The zero-order valence-electron chi connectivity index (χ0n) is 10.2. The fourth-order valence-electron chi connectivity index (χ4n) is 2.21. The van der Waals surface area contributed by atoms with Crippen molar-refractivity contribution in [2.24, 2.45) is 0 Å². The Bertz CT molecular complexity index is 294. The van der Waals surface area contributed by atoms with Crippen LogP contribution in [0.5, 0.6) is 0 Å². The molecule has 0 aromatic rings. The summed E-state index contributed by atoms with van der Waals surface area (Å²) in [4.78, 5) is 11.5. The van der Waals surface area contributed by atoms with Crippen molar-refractivity contribution in [2.75, 3.05) is 0 Å². The van der Waals surface area contributed by atoms with Gasteiger partial charge in [0.2, 0.25) is 0 Å². The molecule has 1 heteroatoms. The molecule has 1 aliphatic rings. The van der Waals surface area contributed by atoms with Gasteiger partial charge in [-0.2, -0.15) is 0 Å². The lowest BCUT2D eigenvalue weighted by molar-refractivity contribution is -0.113. The van der Waals surface area contributed by atoms with Crippen LogP contribution in [0.2, 0.25) is 0 Å². The number of Topliss-reactive ketones (excluding diaryl/α,β-unsaturated/α-hetero) is 1. The van der Waals surface area contributed by atoms with Crippen molar-refractivity contribution in [3.05, 3.63) is 22.8 Å². The highest BCUT2D eigenvalue weighted by Gasteiger charge is 2.16. The Morgan fingerprint density at radius 1 is 1.20 bits per heavy atom. The topological polar surface area (TPSA) is 17.1 Å². The zero-order valence-corrected chi connectivity index (χ0v) is 10.2. The number of ketones is 1. The van der Waals surface area contributed by atoms with E-state index in [1.165, 1.54) is 30.4 Å². The molecule has 0 spiro atoms. The maximum atomic E-state index is 11.5. The van der Waals surface area contributed by atoms with Gasteiger partial charge in [0.25, 0.3) is 0 Å². The summed E-state index contributed by atoms with van der Waals surface area (Å²) in [5.41, 5.74) is 3.76. The van der Waals surface area contributed by atoms with E-state index < -0.39 is 0 Å². The minimum Gasteiger partial charge on any atom is -0.295 e. The van der Waals surface area contributed by atoms with Crippen LogP contribution < -0.4 is 0 Å². The van der Waals surface area contributed by atoms with E-state index in [0.29, 0.717) is 0 Å². The lowest BCUT2D eigenvalue weighted by atomic mass is 9.85. The second kappa shape index (κ2) is 5.89. The van der Waals surface area contributed by atoms with E-state index in [9.17, 15) is 4.79 Å². The molecular weight excluding hydrogens is 184 g/mol. The number of unbranched alkanes of at least 4 members (excludes halogenated alkanes) is 1. The zero-order chi connectivity index (χ0) is 11.3. The molecule has 0 N–H and O–H groups in total. The molecule has 0 fully saturated rings. The molecule has 1 aliphatic carbocycles. The highest BCUT2D eigenvalue weighted by atomic mass is 16.1. The number of carbonyl (C=O) groups is 1. The molecule has 0 saturated heterocycles.